The highest BCUT2D eigenvalue weighted by atomic mass is 32.1. The van der Waals surface area contributed by atoms with Gasteiger partial charge >= 0.3 is 5.97 Å². The van der Waals surface area contributed by atoms with E-state index in [2.05, 4.69) is 10.3 Å². The van der Waals surface area contributed by atoms with E-state index in [0.717, 1.165) is 11.1 Å². The van der Waals surface area contributed by atoms with Gasteiger partial charge in [0.25, 0.3) is 5.91 Å². The number of hydrogen-bond donors (Lipinski definition) is 1. The van der Waals surface area contributed by atoms with Crippen molar-refractivity contribution < 1.29 is 18.7 Å². The van der Waals surface area contributed by atoms with Gasteiger partial charge in [0.1, 0.15) is 5.00 Å². The third-order valence-electron chi connectivity index (χ3n) is 2.59. The molecule has 1 N–H and O–H groups in total. The van der Waals surface area contributed by atoms with Gasteiger partial charge in [0.15, 0.2) is 5.82 Å². The lowest BCUT2D eigenvalue weighted by molar-refractivity contribution is 0.0528. The van der Waals surface area contributed by atoms with Crippen molar-refractivity contribution in [1.29, 1.82) is 0 Å². The van der Waals surface area contributed by atoms with Crippen LogP contribution < -0.4 is 5.32 Å². The summed E-state index contributed by atoms with van der Waals surface area (Å²) in [7, 11) is 0. The second-order valence-electron chi connectivity index (χ2n) is 4.13. The van der Waals surface area contributed by atoms with Crippen molar-refractivity contribution in [3.63, 3.8) is 0 Å². The number of aryl methyl sites for hydroxylation is 1. The molecule has 0 spiro atoms. The van der Waals surface area contributed by atoms with Crippen LogP contribution in [-0.2, 0) is 4.74 Å². The lowest BCUT2D eigenvalue weighted by atomic mass is 10.2. The molecule has 0 atom stereocenters. The molecule has 0 aliphatic heterocycles. The maximum absolute atomic E-state index is 13.5. The molecule has 0 unspecified atom stereocenters. The van der Waals surface area contributed by atoms with Crippen molar-refractivity contribution in [2.45, 2.75) is 13.8 Å². The van der Waals surface area contributed by atoms with Crippen LogP contribution in [0, 0.1) is 12.7 Å². The molecule has 1 amide bonds. The summed E-state index contributed by atoms with van der Waals surface area (Å²) in [4.78, 5) is 28.3. The Bertz CT molecular complexity index is 685. The van der Waals surface area contributed by atoms with E-state index in [4.69, 9.17) is 4.74 Å². The fraction of sp³-hybridized carbons (Fsp3) is 0.214. The van der Waals surface area contributed by atoms with Crippen LogP contribution >= 0.6 is 11.3 Å². The lowest BCUT2D eigenvalue weighted by Crippen LogP contribution is -2.15. The predicted molar refractivity (Wildman–Crippen MR) is 77.2 cm³/mol. The maximum atomic E-state index is 13.5. The first-order valence-corrected chi connectivity index (χ1v) is 7.03. The summed E-state index contributed by atoms with van der Waals surface area (Å²) in [5, 5.41) is 2.88. The first-order chi connectivity index (χ1) is 10.0. The van der Waals surface area contributed by atoms with E-state index < -0.39 is 17.7 Å². The number of hydrogen-bond acceptors (Lipinski definition) is 5. The smallest absolute Gasteiger partial charge is 0.341 e. The third-order valence-corrected chi connectivity index (χ3v) is 3.56. The number of thiophene rings is 1. The lowest BCUT2D eigenvalue weighted by Gasteiger charge is -2.06. The summed E-state index contributed by atoms with van der Waals surface area (Å²) in [6.07, 6.45) is 2.28. The van der Waals surface area contributed by atoms with Crippen molar-refractivity contribution in [1.82, 2.24) is 4.98 Å². The molecule has 21 heavy (non-hydrogen) atoms. The Morgan fingerprint density at radius 2 is 2.19 bits per heavy atom. The number of ether oxygens (including phenoxy) is 1. The van der Waals surface area contributed by atoms with Gasteiger partial charge in [-0.05, 0) is 26.0 Å². The number of pyridine rings is 1. The topological polar surface area (TPSA) is 68.3 Å². The Hall–Kier alpha value is -2.28. The molecule has 0 saturated carbocycles. The number of anilines is 1. The van der Waals surface area contributed by atoms with Crippen molar-refractivity contribution in [2.75, 3.05) is 11.9 Å². The molecular formula is C14H13FN2O3S. The van der Waals surface area contributed by atoms with E-state index in [-0.39, 0.29) is 17.7 Å². The molecule has 2 heterocycles. The fourth-order valence-corrected chi connectivity index (χ4v) is 2.59. The van der Waals surface area contributed by atoms with Gasteiger partial charge in [0.05, 0.1) is 23.9 Å². The number of halogens is 1. The highest BCUT2D eigenvalue weighted by Gasteiger charge is 2.19. The van der Waals surface area contributed by atoms with Crippen LogP contribution in [0.4, 0.5) is 9.39 Å². The number of amides is 1. The second-order valence-corrected chi connectivity index (χ2v) is 5.39. The summed E-state index contributed by atoms with van der Waals surface area (Å²) >= 11 is 1.23. The van der Waals surface area contributed by atoms with Gasteiger partial charge in [-0.2, -0.15) is 0 Å². The number of carbonyl (C=O) groups excluding carboxylic acids is 2. The maximum Gasteiger partial charge on any atom is 0.341 e. The average molecular weight is 308 g/mol. The van der Waals surface area contributed by atoms with Crippen LogP contribution in [0.25, 0.3) is 0 Å². The molecule has 0 aliphatic rings. The van der Waals surface area contributed by atoms with Gasteiger partial charge in [-0.25, -0.2) is 9.18 Å². The van der Waals surface area contributed by atoms with Gasteiger partial charge in [-0.1, -0.05) is 0 Å². The van der Waals surface area contributed by atoms with Gasteiger partial charge < -0.3 is 10.1 Å². The molecule has 0 saturated heterocycles. The molecule has 0 fully saturated rings. The van der Waals surface area contributed by atoms with Crippen LogP contribution in [-0.4, -0.2) is 23.5 Å². The zero-order valence-corrected chi connectivity index (χ0v) is 12.3. The van der Waals surface area contributed by atoms with E-state index >= 15 is 0 Å². The number of aromatic nitrogens is 1. The normalized spacial score (nSPS) is 10.2. The number of carbonyl (C=O) groups is 2. The van der Waals surface area contributed by atoms with Crippen molar-refractivity contribution in [3.8, 4) is 0 Å². The van der Waals surface area contributed by atoms with E-state index in [1.165, 1.54) is 23.6 Å². The SMILES string of the molecule is CCOC(=O)c1cc(C)sc1NC(=O)c1ccncc1F. The zero-order valence-electron chi connectivity index (χ0n) is 11.5. The first kappa shape index (κ1) is 15.1. The molecule has 110 valence electrons. The van der Waals surface area contributed by atoms with E-state index in [1.54, 1.807) is 19.9 Å². The van der Waals surface area contributed by atoms with Crippen molar-refractivity contribution in [3.05, 3.63) is 46.3 Å². The molecule has 0 aliphatic carbocycles. The Morgan fingerprint density at radius 3 is 2.86 bits per heavy atom. The fourth-order valence-electron chi connectivity index (χ4n) is 1.70. The summed E-state index contributed by atoms with van der Waals surface area (Å²) in [5.74, 6) is -1.88. The first-order valence-electron chi connectivity index (χ1n) is 6.21. The Balaban J connectivity index is 2.26. The number of esters is 1. The van der Waals surface area contributed by atoms with E-state index in [1.807, 2.05) is 0 Å². The average Bonchev–Trinajstić information content (AvgIpc) is 2.80. The van der Waals surface area contributed by atoms with Gasteiger partial charge in [0.2, 0.25) is 0 Å². The summed E-state index contributed by atoms with van der Waals surface area (Å²) < 4.78 is 18.4. The minimum atomic E-state index is -0.721. The molecular weight excluding hydrogens is 295 g/mol. The van der Waals surface area contributed by atoms with Crippen LogP contribution in [0.5, 0.6) is 0 Å². The van der Waals surface area contributed by atoms with Crippen LogP contribution in [0.15, 0.2) is 24.5 Å². The van der Waals surface area contributed by atoms with E-state index in [9.17, 15) is 14.0 Å². The van der Waals surface area contributed by atoms with Crippen molar-refractivity contribution >= 4 is 28.2 Å². The molecule has 7 heteroatoms. The van der Waals surface area contributed by atoms with Crippen LogP contribution in [0.3, 0.4) is 0 Å². The van der Waals surface area contributed by atoms with Crippen molar-refractivity contribution in [2.24, 2.45) is 0 Å². The third kappa shape index (κ3) is 3.43. The van der Waals surface area contributed by atoms with Gasteiger partial charge in [-0.15, -0.1) is 11.3 Å². The van der Waals surface area contributed by atoms with Crippen LogP contribution in [0.2, 0.25) is 0 Å². The number of nitrogens with zero attached hydrogens (tertiary/aromatic N) is 1. The highest BCUT2D eigenvalue weighted by molar-refractivity contribution is 7.16. The van der Waals surface area contributed by atoms with Crippen LogP contribution in [0.1, 0.15) is 32.5 Å². The van der Waals surface area contributed by atoms with Gasteiger partial charge in [-0.3, -0.25) is 9.78 Å². The summed E-state index contributed by atoms with van der Waals surface area (Å²) in [6.45, 7) is 3.73. The number of nitrogens with one attached hydrogen (secondary N) is 1. The quantitative estimate of drug-likeness (QED) is 0.882. The minimum Gasteiger partial charge on any atom is -0.462 e. The Kier molecular flexibility index (Phi) is 4.64. The van der Waals surface area contributed by atoms with Gasteiger partial charge in [0, 0.05) is 11.1 Å². The minimum absolute atomic E-state index is 0.133. The molecule has 2 aromatic rings. The Morgan fingerprint density at radius 1 is 1.43 bits per heavy atom. The van der Waals surface area contributed by atoms with E-state index in [0.29, 0.717) is 5.00 Å². The summed E-state index contributed by atoms with van der Waals surface area (Å²) in [6, 6.07) is 2.90. The zero-order chi connectivity index (χ0) is 15.4. The number of rotatable bonds is 4. The molecule has 2 rings (SSSR count). The molecule has 0 aromatic carbocycles. The molecule has 0 radical (unpaired) electrons. The summed E-state index contributed by atoms with van der Waals surface area (Å²) in [5.41, 5.74) is 0.132. The highest BCUT2D eigenvalue weighted by Crippen LogP contribution is 2.28. The largest absolute Gasteiger partial charge is 0.462 e. The molecule has 2 aromatic heterocycles. The monoisotopic (exact) mass is 308 g/mol. The molecule has 5 nitrogen and oxygen atoms in total. The molecule has 0 bridgehead atoms. The predicted octanol–water partition coefficient (Wildman–Crippen LogP) is 3.02. The Labute approximate surface area is 124 Å². The standard InChI is InChI=1S/C14H13FN2O3S/c1-3-20-14(19)10-6-8(2)21-13(10)17-12(18)9-4-5-16-7-11(9)15/h4-7H,3H2,1-2H3,(H,17,18). The second kappa shape index (κ2) is 6.45.